The van der Waals surface area contributed by atoms with Crippen LogP contribution >= 0.6 is 46.3 Å². The zero-order chi connectivity index (χ0) is 20.5. The standard InChI is InChI=1S/C18H15Cl2N5O2S2/c1-10(27-14-4-3-11(19)7-13(14)20)16-22-23-18(24(16)2)29-9-12-8-15(26)25-5-6-28-17(25)21-12/h3-8,10H,9H2,1-2H3. The first kappa shape index (κ1) is 20.2. The van der Waals surface area contributed by atoms with Gasteiger partial charge in [-0.15, -0.1) is 21.5 Å². The molecule has 0 spiro atoms. The van der Waals surface area contributed by atoms with E-state index in [2.05, 4.69) is 15.2 Å². The van der Waals surface area contributed by atoms with Gasteiger partial charge in [0.2, 0.25) is 0 Å². The van der Waals surface area contributed by atoms with Crippen LogP contribution in [0.15, 0.2) is 45.8 Å². The van der Waals surface area contributed by atoms with Crippen molar-refractivity contribution < 1.29 is 4.74 Å². The zero-order valence-corrected chi connectivity index (χ0v) is 18.5. The molecule has 150 valence electrons. The molecule has 0 saturated heterocycles. The summed E-state index contributed by atoms with van der Waals surface area (Å²) in [5, 5.41) is 12.0. The van der Waals surface area contributed by atoms with Crippen molar-refractivity contribution in [3.05, 3.63) is 67.8 Å². The van der Waals surface area contributed by atoms with Crippen LogP contribution in [0.1, 0.15) is 24.5 Å². The molecule has 0 radical (unpaired) electrons. The molecule has 0 saturated carbocycles. The fourth-order valence-electron chi connectivity index (χ4n) is 2.72. The molecule has 11 heteroatoms. The molecule has 0 fully saturated rings. The van der Waals surface area contributed by atoms with E-state index in [1.165, 1.54) is 33.6 Å². The first-order valence-electron chi connectivity index (χ1n) is 8.52. The summed E-state index contributed by atoms with van der Waals surface area (Å²) in [5.41, 5.74) is 0.608. The molecule has 1 aromatic carbocycles. The predicted molar refractivity (Wildman–Crippen MR) is 115 cm³/mol. The number of benzene rings is 1. The van der Waals surface area contributed by atoms with Gasteiger partial charge in [-0.1, -0.05) is 35.0 Å². The lowest BCUT2D eigenvalue weighted by atomic mass is 10.3. The summed E-state index contributed by atoms with van der Waals surface area (Å²) in [6.45, 7) is 1.87. The van der Waals surface area contributed by atoms with E-state index in [-0.39, 0.29) is 11.7 Å². The van der Waals surface area contributed by atoms with Crippen molar-refractivity contribution in [1.29, 1.82) is 0 Å². The fourth-order valence-corrected chi connectivity index (χ4v) is 4.72. The Kier molecular flexibility index (Phi) is 5.82. The third-order valence-corrected chi connectivity index (χ3v) is 6.48. The maximum atomic E-state index is 12.1. The fraction of sp³-hybridized carbons (Fsp3) is 0.222. The van der Waals surface area contributed by atoms with Crippen LogP contribution in [0.25, 0.3) is 4.96 Å². The minimum atomic E-state index is -0.370. The van der Waals surface area contributed by atoms with E-state index >= 15 is 0 Å². The van der Waals surface area contributed by atoms with Gasteiger partial charge in [0.25, 0.3) is 5.56 Å². The summed E-state index contributed by atoms with van der Waals surface area (Å²) in [4.78, 5) is 17.3. The highest BCUT2D eigenvalue weighted by Gasteiger charge is 2.19. The van der Waals surface area contributed by atoms with Gasteiger partial charge in [0.05, 0.1) is 10.7 Å². The van der Waals surface area contributed by atoms with E-state index in [4.69, 9.17) is 27.9 Å². The van der Waals surface area contributed by atoms with Crippen molar-refractivity contribution >= 4 is 51.3 Å². The number of nitrogens with zero attached hydrogens (tertiary/aromatic N) is 5. The molecule has 0 N–H and O–H groups in total. The molecule has 0 amide bonds. The van der Waals surface area contributed by atoms with Crippen LogP contribution in [0.4, 0.5) is 0 Å². The van der Waals surface area contributed by atoms with Crippen molar-refractivity contribution in [2.75, 3.05) is 0 Å². The Bertz CT molecular complexity index is 1240. The van der Waals surface area contributed by atoms with Gasteiger partial charge in [0.1, 0.15) is 5.75 Å². The number of aromatic nitrogens is 5. The molecule has 0 aliphatic rings. The number of hydrogen-bond donors (Lipinski definition) is 0. The highest BCUT2D eigenvalue weighted by Crippen LogP contribution is 2.31. The quantitative estimate of drug-likeness (QED) is 0.385. The van der Waals surface area contributed by atoms with Gasteiger partial charge in [-0.25, -0.2) is 4.98 Å². The number of fused-ring (bicyclic) bond motifs is 1. The number of thioether (sulfide) groups is 1. The van der Waals surface area contributed by atoms with Gasteiger partial charge in [-0.2, -0.15) is 0 Å². The topological polar surface area (TPSA) is 74.3 Å². The van der Waals surface area contributed by atoms with E-state index in [1.54, 1.807) is 24.4 Å². The van der Waals surface area contributed by atoms with Crippen molar-refractivity contribution in [2.45, 2.75) is 23.9 Å². The minimum absolute atomic E-state index is 0.0904. The molecule has 4 rings (SSSR count). The second-order valence-corrected chi connectivity index (χ2v) is 8.82. The second kappa shape index (κ2) is 8.35. The minimum Gasteiger partial charge on any atom is -0.481 e. The van der Waals surface area contributed by atoms with Crippen LogP contribution in [-0.2, 0) is 12.8 Å². The van der Waals surface area contributed by atoms with E-state index in [0.29, 0.717) is 43.2 Å². The normalized spacial score (nSPS) is 12.4. The van der Waals surface area contributed by atoms with Crippen molar-refractivity contribution in [1.82, 2.24) is 24.1 Å². The van der Waals surface area contributed by atoms with E-state index in [1.807, 2.05) is 23.9 Å². The monoisotopic (exact) mass is 467 g/mol. The molecule has 1 unspecified atom stereocenters. The Morgan fingerprint density at radius 2 is 2.10 bits per heavy atom. The summed E-state index contributed by atoms with van der Waals surface area (Å²) in [7, 11) is 1.87. The van der Waals surface area contributed by atoms with Crippen LogP contribution < -0.4 is 10.3 Å². The summed E-state index contributed by atoms with van der Waals surface area (Å²) >= 11 is 15.0. The first-order valence-corrected chi connectivity index (χ1v) is 11.1. The van der Waals surface area contributed by atoms with E-state index in [9.17, 15) is 4.79 Å². The van der Waals surface area contributed by atoms with Gasteiger partial charge in [0, 0.05) is 35.5 Å². The van der Waals surface area contributed by atoms with Gasteiger partial charge >= 0.3 is 0 Å². The Balaban J connectivity index is 1.48. The Hall–Kier alpha value is -2.07. The highest BCUT2D eigenvalue weighted by molar-refractivity contribution is 7.98. The van der Waals surface area contributed by atoms with Gasteiger partial charge in [-0.3, -0.25) is 9.20 Å². The average Bonchev–Trinajstić information content (AvgIpc) is 3.29. The molecule has 1 atom stereocenters. The molecule has 0 aliphatic heterocycles. The lowest BCUT2D eigenvalue weighted by Gasteiger charge is -2.15. The van der Waals surface area contributed by atoms with Crippen molar-refractivity contribution in [3.63, 3.8) is 0 Å². The van der Waals surface area contributed by atoms with Crippen LogP contribution in [0.2, 0.25) is 10.0 Å². The summed E-state index contributed by atoms with van der Waals surface area (Å²) in [6, 6.07) is 6.60. The van der Waals surface area contributed by atoms with Gasteiger partial charge in [0.15, 0.2) is 22.0 Å². The molecule has 3 aromatic heterocycles. The molecule has 7 nitrogen and oxygen atoms in total. The summed E-state index contributed by atoms with van der Waals surface area (Å²) in [5.74, 6) is 1.68. The average molecular weight is 468 g/mol. The number of rotatable bonds is 6. The van der Waals surface area contributed by atoms with Crippen LogP contribution in [0.5, 0.6) is 5.75 Å². The maximum Gasteiger partial charge on any atom is 0.258 e. The molecule has 0 aliphatic carbocycles. The van der Waals surface area contributed by atoms with Gasteiger partial charge in [-0.05, 0) is 25.1 Å². The second-order valence-electron chi connectivity index (χ2n) is 6.16. The third-order valence-electron chi connectivity index (χ3n) is 4.14. The summed E-state index contributed by atoms with van der Waals surface area (Å²) in [6.07, 6.45) is 1.35. The van der Waals surface area contributed by atoms with E-state index in [0.717, 1.165) is 0 Å². The smallest absolute Gasteiger partial charge is 0.258 e. The van der Waals surface area contributed by atoms with Crippen LogP contribution in [-0.4, -0.2) is 24.1 Å². The van der Waals surface area contributed by atoms with Crippen LogP contribution in [0.3, 0.4) is 0 Å². The van der Waals surface area contributed by atoms with Crippen molar-refractivity contribution in [3.8, 4) is 5.75 Å². The Labute approximate surface area is 184 Å². The molecule has 4 aromatic rings. The molecule has 0 bridgehead atoms. The first-order chi connectivity index (χ1) is 13.9. The third kappa shape index (κ3) is 4.28. The van der Waals surface area contributed by atoms with Crippen LogP contribution in [0, 0.1) is 0 Å². The number of ether oxygens (including phenoxy) is 1. The predicted octanol–water partition coefficient (Wildman–Crippen LogP) is 4.62. The van der Waals surface area contributed by atoms with E-state index < -0.39 is 0 Å². The molecular formula is C18H15Cl2N5O2S2. The maximum absolute atomic E-state index is 12.1. The summed E-state index contributed by atoms with van der Waals surface area (Å²) < 4.78 is 9.30. The molecular weight excluding hydrogens is 453 g/mol. The Morgan fingerprint density at radius 1 is 1.28 bits per heavy atom. The number of halogens is 2. The molecule has 3 heterocycles. The SMILES string of the molecule is CC(Oc1ccc(Cl)cc1Cl)c1nnc(SCc2cc(=O)n3ccsc3n2)n1C. The zero-order valence-electron chi connectivity index (χ0n) is 15.4. The molecule has 29 heavy (non-hydrogen) atoms. The highest BCUT2D eigenvalue weighted by atomic mass is 35.5. The number of thiazole rings is 1. The van der Waals surface area contributed by atoms with Crippen molar-refractivity contribution in [2.24, 2.45) is 7.05 Å². The van der Waals surface area contributed by atoms with Gasteiger partial charge < -0.3 is 9.30 Å². The number of hydrogen-bond acceptors (Lipinski definition) is 7. The largest absolute Gasteiger partial charge is 0.481 e. The lowest BCUT2D eigenvalue weighted by molar-refractivity contribution is 0.211. The Morgan fingerprint density at radius 3 is 2.90 bits per heavy atom. The lowest BCUT2D eigenvalue weighted by Crippen LogP contribution is -2.12.